The van der Waals surface area contributed by atoms with Crippen molar-refractivity contribution in [3.05, 3.63) is 65.4 Å². The highest BCUT2D eigenvalue weighted by molar-refractivity contribution is 6.05. The van der Waals surface area contributed by atoms with Crippen LogP contribution >= 0.6 is 0 Å². The molecule has 3 aromatic rings. The van der Waals surface area contributed by atoms with Gasteiger partial charge in [-0.15, -0.1) is 0 Å². The van der Waals surface area contributed by atoms with Crippen LogP contribution in [0.2, 0.25) is 0 Å². The van der Waals surface area contributed by atoms with Crippen LogP contribution in [0.1, 0.15) is 34.3 Å². The van der Waals surface area contributed by atoms with Gasteiger partial charge in [-0.25, -0.2) is 0 Å². The standard InChI is InChI=1S/C25H26N2O4/c1-29-21-15-18-8-14-31-25(20(18)16-22(21)30-2)9-12-27(13-10-25)24(28)19-7-3-5-17-6-4-11-26-23(17)19/h3-7,11,15-16H,8-10,12-14H2,1-2H3. The molecule has 1 fully saturated rings. The van der Waals surface area contributed by atoms with E-state index in [4.69, 9.17) is 14.2 Å². The van der Waals surface area contributed by atoms with E-state index < -0.39 is 0 Å². The molecule has 31 heavy (non-hydrogen) atoms. The fourth-order valence-corrected chi connectivity index (χ4v) is 4.92. The number of amides is 1. The Morgan fingerprint density at radius 1 is 1.06 bits per heavy atom. The highest BCUT2D eigenvalue weighted by atomic mass is 16.5. The predicted octanol–water partition coefficient (Wildman–Crippen LogP) is 3.96. The van der Waals surface area contributed by atoms with E-state index in [2.05, 4.69) is 17.1 Å². The Balaban J connectivity index is 1.41. The molecule has 6 heteroatoms. The Bertz CT molecular complexity index is 1130. The van der Waals surface area contributed by atoms with Crippen molar-refractivity contribution in [2.45, 2.75) is 24.9 Å². The molecule has 5 rings (SSSR count). The molecule has 6 nitrogen and oxygen atoms in total. The number of aromatic nitrogens is 1. The maximum atomic E-state index is 13.3. The van der Waals surface area contributed by atoms with Crippen molar-refractivity contribution < 1.29 is 19.0 Å². The minimum atomic E-state index is -0.388. The van der Waals surface area contributed by atoms with Gasteiger partial charge >= 0.3 is 0 Å². The van der Waals surface area contributed by atoms with E-state index >= 15 is 0 Å². The third kappa shape index (κ3) is 3.31. The van der Waals surface area contributed by atoms with Crippen LogP contribution in [-0.2, 0) is 16.8 Å². The van der Waals surface area contributed by atoms with Crippen molar-refractivity contribution >= 4 is 16.8 Å². The highest BCUT2D eigenvalue weighted by Crippen LogP contribution is 2.45. The number of ether oxygens (including phenoxy) is 3. The number of carbonyl (C=O) groups excluding carboxylic acids is 1. The van der Waals surface area contributed by atoms with Crippen LogP contribution in [-0.4, -0.2) is 49.7 Å². The molecule has 2 aliphatic heterocycles. The number of methoxy groups -OCH3 is 2. The van der Waals surface area contributed by atoms with E-state index in [1.807, 2.05) is 35.2 Å². The maximum Gasteiger partial charge on any atom is 0.256 e. The molecule has 0 unspecified atom stereocenters. The number of rotatable bonds is 3. The normalized spacial score (nSPS) is 17.4. The van der Waals surface area contributed by atoms with Crippen molar-refractivity contribution in [2.75, 3.05) is 33.9 Å². The molecule has 1 spiro atoms. The third-order valence-corrected chi connectivity index (χ3v) is 6.57. The lowest BCUT2D eigenvalue weighted by atomic mass is 9.79. The smallest absolute Gasteiger partial charge is 0.256 e. The van der Waals surface area contributed by atoms with Gasteiger partial charge in [0, 0.05) is 24.7 Å². The van der Waals surface area contributed by atoms with Crippen LogP contribution in [0.3, 0.4) is 0 Å². The first-order chi connectivity index (χ1) is 15.1. The van der Waals surface area contributed by atoms with Crippen molar-refractivity contribution in [2.24, 2.45) is 0 Å². The zero-order chi connectivity index (χ0) is 21.4. The zero-order valence-corrected chi connectivity index (χ0v) is 17.9. The van der Waals surface area contributed by atoms with Gasteiger partial charge in [0.05, 0.1) is 37.5 Å². The Morgan fingerprint density at radius 3 is 2.58 bits per heavy atom. The molecule has 2 aliphatic rings. The Kier molecular flexibility index (Phi) is 5.02. The van der Waals surface area contributed by atoms with Gasteiger partial charge in [-0.3, -0.25) is 9.78 Å². The van der Waals surface area contributed by atoms with E-state index in [0.717, 1.165) is 41.5 Å². The summed E-state index contributed by atoms with van der Waals surface area (Å²) >= 11 is 0. The lowest BCUT2D eigenvalue weighted by Gasteiger charge is -2.45. The Labute approximate surface area is 181 Å². The Hall–Kier alpha value is -3.12. The van der Waals surface area contributed by atoms with E-state index in [-0.39, 0.29) is 11.5 Å². The van der Waals surface area contributed by atoms with Gasteiger partial charge in [0.2, 0.25) is 0 Å². The van der Waals surface area contributed by atoms with E-state index in [1.54, 1.807) is 20.4 Å². The number of hydrogen-bond donors (Lipinski definition) is 0. The summed E-state index contributed by atoms with van der Waals surface area (Å²) in [5.41, 5.74) is 3.43. The molecular weight excluding hydrogens is 392 g/mol. The van der Waals surface area contributed by atoms with Gasteiger partial charge in [-0.05, 0) is 54.7 Å². The fraction of sp³-hybridized carbons (Fsp3) is 0.360. The number of piperidine rings is 1. The first-order valence-electron chi connectivity index (χ1n) is 10.7. The minimum absolute atomic E-state index is 0.0301. The monoisotopic (exact) mass is 418 g/mol. The largest absolute Gasteiger partial charge is 0.493 e. The van der Waals surface area contributed by atoms with Crippen molar-refractivity contribution in [1.29, 1.82) is 0 Å². The second-order valence-electron chi connectivity index (χ2n) is 8.13. The first kappa shape index (κ1) is 19.8. The Morgan fingerprint density at radius 2 is 1.81 bits per heavy atom. The molecule has 2 aromatic carbocycles. The number of likely N-dealkylation sites (tertiary alicyclic amines) is 1. The van der Waals surface area contributed by atoms with Gasteiger partial charge in [0.15, 0.2) is 11.5 Å². The van der Waals surface area contributed by atoms with Gasteiger partial charge in [0.25, 0.3) is 5.91 Å². The van der Waals surface area contributed by atoms with E-state index in [0.29, 0.717) is 31.0 Å². The molecule has 160 valence electrons. The lowest BCUT2D eigenvalue weighted by molar-refractivity contribution is -0.0936. The van der Waals surface area contributed by atoms with Crippen molar-refractivity contribution in [1.82, 2.24) is 9.88 Å². The van der Waals surface area contributed by atoms with E-state index in [9.17, 15) is 4.79 Å². The summed E-state index contributed by atoms with van der Waals surface area (Å²) in [6.45, 7) is 1.94. The molecule has 1 amide bonds. The number of pyridine rings is 1. The molecule has 0 saturated carbocycles. The number of carbonyl (C=O) groups is 1. The molecule has 1 saturated heterocycles. The summed E-state index contributed by atoms with van der Waals surface area (Å²) in [6, 6.07) is 13.8. The van der Waals surface area contributed by atoms with Crippen LogP contribution in [0.25, 0.3) is 10.9 Å². The van der Waals surface area contributed by atoms with Crippen molar-refractivity contribution in [3.8, 4) is 11.5 Å². The predicted molar refractivity (Wildman–Crippen MR) is 118 cm³/mol. The highest BCUT2D eigenvalue weighted by Gasteiger charge is 2.42. The number of hydrogen-bond acceptors (Lipinski definition) is 5. The number of para-hydroxylation sites is 1. The summed E-state index contributed by atoms with van der Waals surface area (Å²) in [7, 11) is 3.31. The summed E-state index contributed by atoms with van der Waals surface area (Å²) in [5, 5.41) is 0.979. The van der Waals surface area contributed by atoms with E-state index in [1.165, 1.54) is 5.56 Å². The average molecular weight is 418 g/mol. The van der Waals surface area contributed by atoms with Crippen LogP contribution in [0.5, 0.6) is 11.5 Å². The lowest BCUT2D eigenvalue weighted by Crippen LogP contribution is -2.48. The summed E-state index contributed by atoms with van der Waals surface area (Å²) < 4.78 is 17.4. The molecule has 0 radical (unpaired) electrons. The van der Waals surface area contributed by atoms with Crippen LogP contribution < -0.4 is 9.47 Å². The first-order valence-corrected chi connectivity index (χ1v) is 10.7. The quantitative estimate of drug-likeness (QED) is 0.644. The molecule has 1 aromatic heterocycles. The molecule has 0 atom stereocenters. The molecule has 3 heterocycles. The fourth-order valence-electron chi connectivity index (χ4n) is 4.92. The topological polar surface area (TPSA) is 60.9 Å². The van der Waals surface area contributed by atoms with Gasteiger partial charge in [0.1, 0.15) is 0 Å². The maximum absolute atomic E-state index is 13.3. The SMILES string of the molecule is COc1cc2c(cc1OC)C1(CCN(C(=O)c3cccc4cccnc34)CC1)OCC2. The second-order valence-corrected chi connectivity index (χ2v) is 8.13. The number of nitrogens with zero attached hydrogens (tertiary/aromatic N) is 2. The average Bonchev–Trinajstić information content (AvgIpc) is 2.83. The number of fused-ring (bicyclic) bond motifs is 3. The van der Waals surface area contributed by atoms with Gasteiger partial charge in [-0.2, -0.15) is 0 Å². The van der Waals surface area contributed by atoms with Crippen molar-refractivity contribution in [3.63, 3.8) is 0 Å². The van der Waals surface area contributed by atoms with Crippen LogP contribution in [0.15, 0.2) is 48.7 Å². The van der Waals surface area contributed by atoms with Crippen LogP contribution in [0.4, 0.5) is 0 Å². The third-order valence-electron chi connectivity index (χ3n) is 6.57. The zero-order valence-electron chi connectivity index (χ0n) is 17.9. The summed E-state index contributed by atoms with van der Waals surface area (Å²) in [5.74, 6) is 1.49. The minimum Gasteiger partial charge on any atom is -0.493 e. The number of benzene rings is 2. The van der Waals surface area contributed by atoms with Crippen LogP contribution in [0, 0.1) is 0 Å². The van der Waals surface area contributed by atoms with Gasteiger partial charge < -0.3 is 19.1 Å². The molecule has 0 N–H and O–H groups in total. The second kappa shape index (κ2) is 7.85. The summed E-state index contributed by atoms with van der Waals surface area (Å²) in [6.07, 6.45) is 4.08. The molecule has 0 bridgehead atoms. The molecular formula is C25H26N2O4. The molecule has 0 aliphatic carbocycles. The van der Waals surface area contributed by atoms with Gasteiger partial charge in [-0.1, -0.05) is 18.2 Å². The summed E-state index contributed by atoms with van der Waals surface area (Å²) in [4.78, 5) is 19.7.